The second-order valence-corrected chi connectivity index (χ2v) is 1.22. The van der Waals surface area contributed by atoms with E-state index >= 15 is 0 Å². The van der Waals surface area contributed by atoms with Gasteiger partial charge in [-0.05, 0) is 0 Å². The fraction of sp³-hybridized carbons (Fsp3) is 0. The zero-order valence-corrected chi connectivity index (χ0v) is 4.36. The first-order valence-corrected chi connectivity index (χ1v) is 2.00. The van der Waals surface area contributed by atoms with E-state index in [1.54, 1.807) is 0 Å². The van der Waals surface area contributed by atoms with Crippen LogP contribution < -0.4 is 18.9 Å². The Hall–Kier alpha value is 0.427. The topological polar surface area (TPSA) is 112 Å². The van der Waals surface area contributed by atoms with Crippen LogP contribution in [-0.2, 0) is 10.4 Å². The Bertz CT molecular complexity index is 91.2. The second kappa shape index (κ2) is 4.58. The van der Waals surface area contributed by atoms with Gasteiger partial charge in [-0.25, -0.2) is 0 Å². The van der Waals surface area contributed by atoms with Crippen molar-refractivity contribution in [2.45, 2.75) is 0 Å². The summed E-state index contributed by atoms with van der Waals surface area (Å²) in [4.78, 5) is 0. The molecule has 0 rings (SSSR count). The summed E-state index contributed by atoms with van der Waals surface area (Å²) >= 11 is 0. The van der Waals surface area contributed by atoms with E-state index in [1.165, 1.54) is 0 Å². The van der Waals surface area contributed by atoms with Crippen LogP contribution >= 0.6 is 0 Å². The van der Waals surface area contributed by atoms with Gasteiger partial charge in [0.2, 0.25) is 0 Å². The molecular weight excluding hydrogens is 119 g/mol. The maximum absolute atomic E-state index is 8.52. The molecule has 0 saturated heterocycles. The first-order chi connectivity index (χ1) is 2.00. The summed E-state index contributed by atoms with van der Waals surface area (Å²) in [6, 6.07) is 0. The molecule has 0 aliphatic carbocycles. The summed E-state index contributed by atoms with van der Waals surface area (Å²) in [6.45, 7) is 0. The Labute approximate surface area is 52.8 Å². The number of hydrogen-bond donors (Lipinski definition) is 0. The molecule has 0 atom stereocenters. The van der Waals surface area contributed by atoms with Gasteiger partial charge in [-0.15, -0.1) is 0 Å². The van der Waals surface area contributed by atoms with Gasteiger partial charge in [0.25, 0.3) is 0 Å². The monoisotopic (exact) mass is 121 g/mol. The Morgan fingerprint density at radius 3 is 1.14 bits per heavy atom. The van der Waals surface area contributed by atoms with Gasteiger partial charge >= 0.3 is 18.9 Å². The van der Waals surface area contributed by atoms with Crippen molar-refractivity contribution in [3.63, 3.8) is 0 Å². The molecule has 0 radical (unpaired) electrons. The van der Waals surface area contributed by atoms with Crippen LogP contribution in [-0.4, -0.2) is 23.0 Å². The zero-order valence-electron chi connectivity index (χ0n) is 3.54. The minimum Gasteiger partial charge on any atom is -0.759 e. The van der Waals surface area contributed by atoms with Crippen LogP contribution in [0.15, 0.2) is 0 Å². The molecule has 0 heterocycles. The molecule has 0 aromatic carbocycles. The predicted octanol–water partition coefficient (Wildman–Crippen LogP) is -5.16. The van der Waals surface area contributed by atoms with Crippen LogP contribution in [0.4, 0.5) is 0 Å². The van der Waals surface area contributed by atoms with Crippen molar-refractivity contribution in [1.82, 2.24) is 0 Å². The number of hydrogen-bond acceptors (Lipinski definition) is 4. The van der Waals surface area contributed by atoms with E-state index < -0.39 is 10.4 Å². The van der Waals surface area contributed by atoms with Gasteiger partial charge in [0.1, 0.15) is 0 Å². The molecule has 0 aromatic rings. The van der Waals surface area contributed by atoms with E-state index in [0.29, 0.717) is 0 Å². The van der Waals surface area contributed by atoms with Gasteiger partial charge in [-0.1, -0.05) is 0 Å². The number of rotatable bonds is 0. The molecule has 0 aliphatic rings. The van der Waals surface area contributed by atoms with Crippen molar-refractivity contribution >= 4 is 10.4 Å². The van der Waals surface area contributed by atoms with Crippen molar-refractivity contribution in [3.8, 4) is 0 Å². The average Bonchev–Trinajstić information content (AvgIpc) is 0.722. The molecule has 5 nitrogen and oxygen atoms in total. The van der Waals surface area contributed by atoms with Crippen LogP contribution in [0.25, 0.3) is 0 Å². The van der Waals surface area contributed by atoms with Gasteiger partial charge in [-0.2, -0.15) is 0 Å². The van der Waals surface area contributed by atoms with Crippen molar-refractivity contribution < 1.29 is 41.9 Å². The fourth-order valence-corrected chi connectivity index (χ4v) is 0. The third kappa shape index (κ3) is 690. The molecule has 0 saturated carbocycles. The van der Waals surface area contributed by atoms with Crippen LogP contribution in [0.2, 0.25) is 0 Å². The maximum atomic E-state index is 8.52. The molecule has 0 aliphatic heterocycles. The quantitative estimate of drug-likeness (QED) is 0.181. The van der Waals surface area contributed by atoms with E-state index in [1.807, 2.05) is 0 Å². The van der Waals surface area contributed by atoms with Crippen LogP contribution in [0, 0.1) is 0 Å². The fourth-order valence-electron chi connectivity index (χ4n) is 0. The van der Waals surface area contributed by atoms with Crippen molar-refractivity contribution in [1.29, 1.82) is 0 Å². The van der Waals surface area contributed by atoms with E-state index in [-0.39, 0.29) is 24.3 Å². The molecular formula is H2LiO5S-. The zero-order chi connectivity index (χ0) is 4.50. The van der Waals surface area contributed by atoms with Gasteiger partial charge in [0, 0.05) is 10.4 Å². The maximum Gasteiger partial charge on any atom is 1.00 e. The largest absolute Gasteiger partial charge is 1.00 e. The Morgan fingerprint density at radius 1 is 1.14 bits per heavy atom. The Morgan fingerprint density at radius 2 is 1.14 bits per heavy atom. The third-order valence-electron chi connectivity index (χ3n) is 0. The predicted molar refractivity (Wildman–Crippen MR) is 14.1 cm³/mol. The van der Waals surface area contributed by atoms with Crippen molar-refractivity contribution in [2.24, 2.45) is 0 Å². The van der Waals surface area contributed by atoms with E-state index in [2.05, 4.69) is 0 Å². The molecule has 0 unspecified atom stereocenters. The van der Waals surface area contributed by atoms with E-state index in [0.717, 1.165) is 0 Å². The summed E-state index contributed by atoms with van der Waals surface area (Å²) in [6.07, 6.45) is 0. The molecule has 2 N–H and O–H groups in total. The molecule has 40 valence electrons. The smallest absolute Gasteiger partial charge is 0.759 e. The van der Waals surface area contributed by atoms with Gasteiger partial charge < -0.3 is 14.6 Å². The second-order valence-electron chi connectivity index (χ2n) is 0.408. The molecule has 7 heavy (non-hydrogen) atoms. The third-order valence-corrected chi connectivity index (χ3v) is 0. The van der Waals surface area contributed by atoms with Crippen LogP contribution in [0.5, 0.6) is 0 Å². The summed E-state index contributed by atoms with van der Waals surface area (Å²) in [5.74, 6) is 0. The molecule has 0 fully saturated rings. The van der Waals surface area contributed by atoms with Gasteiger partial charge in [0.05, 0.1) is 0 Å². The normalized spacial score (nSPS) is 8.29. The molecule has 0 bridgehead atoms. The van der Waals surface area contributed by atoms with Crippen molar-refractivity contribution in [3.05, 3.63) is 0 Å². The Balaban J connectivity index is -0.0000000800. The summed E-state index contributed by atoms with van der Waals surface area (Å²) < 4.78 is 34.1. The Kier molecular flexibility index (Phi) is 10.2. The summed E-state index contributed by atoms with van der Waals surface area (Å²) in [7, 11) is -5.17. The minimum absolute atomic E-state index is 0. The van der Waals surface area contributed by atoms with Crippen LogP contribution in [0.3, 0.4) is 0 Å². The molecule has 0 amide bonds. The average molecular weight is 121 g/mol. The van der Waals surface area contributed by atoms with E-state index in [4.69, 9.17) is 17.5 Å². The van der Waals surface area contributed by atoms with E-state index in [9.17, 15) is 0 Å². The first kappa shape index (κ1) is 15.7. The standard InChI is InChI=1S/Li.H2O4S.H2O/c;1-5(2,3)4;/h;(H2,1,2,3,4);1H2/q+1;;/p-2. The summed E-state index contributed by atoms with van der Waals surface area (Å²) in [5, 5.41) is 0. The molecule has 0 spiro atoms. The van der Waals surface area contributed by atoms with Crippen molar-refractivity contribution in [2.75, 3.05) is 0 Å². The first-order valence-electron chi connectivity index (χ1n) is 0.667. The summed E-state index contributed by atoms with van der Waals surface area (Å²) in [5.41, 5.74) is 0. The molecule has 7 heteroatoms. The van der Waals surface area contributed by atoms with Gasteiger partial charge in [-0.3, -0.25) is 8.42 Å². The SMILES string of the molecule is O.O=S(=O)([O-])[O-].[Li+]. The van der Waals surface area contributed by atoms with Crippen LogP contribution in [0.1, 0.15) is 0 Å². The molecule has 0 aromatic heterocycles. The van der Waals surface area contributed by atoms with Gasteiger partial charge in [0.15, 0.2) is 0 Å². The minimum atomic E-state index is -5.17.